The molecule has 2 aromatic rings. The Kier molecular flexibility index (Phi) is 5.13. The van der Waals surface area contributed by atoms with Crippen molar-refractivity contribution in [2.75, 3.05) is 5.32 Å². The fourth-order valence-corrected chi connectivity index (χ4v) is 1.71. The van der Waals surface area contributed by atoms with Gasteiger partial charge in [0, 0.05) is 18.4 Å². The molecule has 104 valence electrons. The second kappa shape index (κ2) is 7.51. The second-order valence-corrected chi connectivity index (χ2v) is 4.35. The molecule has 1 amide bonds. The summed E-state index contributed by atoms with van der Waals surface area (Å²) in [5.74, 6) is -0.398. The van der Waals surface area contributed by atoms with E-state index in [9.17, 15) is 4.79 Å². The van der Waals surface area contributed by atoms with Crippen molar-refractivity contribution in [2.24, 2.45) is 0 Å². The molecule has 0 bridgehead atoms. The van der Waals surface area contributed by atoms with Crippen LogP contribution in [-0.2, 0) is 11.3 Å². The number of nitrogens with one attached hydrogen (secondary N) is 2. The van der Waals surface area contributed by atoms with Crippen LogP contribution in [0.15, 0.2) is 72.4 Å². The molecule has 2 rings (SSSR count). The SMILES string of the molecule is N#CC(=CNc1ccccc1)C(=O)NCc1ccccc1. The zero-order valence-electron chi connectivity index (χ0n) is 11.4. The van der Waals surface area contributed by atoms with Crippen molar-refractivity contribution in [1.82, 2.24) is 5.32 Å². The molecule has 4 heteroatoms. The van der Waals surface area contributed by atoms with Crippen molar-refractivity contribution >= 4 is 11.6 Å². The van der Waals surface area contributed by atoms with Gasteiger partial charge in [-0.15, -0.1) is 0 Å². The van der Waals surface area contributed by atoms with Gasteiger partial charge in [0.05, 0.1) is 0 Å². The standard InChI is InChI=1S/C17H15N3O/c18-11-15(13-19-16-9-5-2-6-10-16)17(21)20-12-14-7-3-1-4-8-14/h1-10,13,19H,12H2,(H,20,21). The molecule has 0 fully saturated rings. The van der Waals surface area contributed by atoms with Gasteiger partial charge in [0.15, 0.2) is 0 Å². The van der Waals surface area contributed by atoms with Crippen molar-refractivity contribution in [2.45, 2.75) is 6.54 Å². The van der Waals surface area contributed by atoms with Crippen molar-refractivity contribution in [3.05, 3.63) is 78.0 Å². The van der Waals surface area contributed by atoms with Gasteiger partial charge in [-0.3, -0.25) is 4.79 Å². The maximum absolute atomic E-state index is 11.9. The molecule has 0 saturated carbocycles. The van der Waals surface area contributed by atoms with Crippen molar-refractivity contribution < 1.29 is 4.79 Å². The van der Waals surface area contributed by atoms with Crippen LogP contribution in [0.3, 0.4) is 0 Å². The molecule has 0 unspecified atom stereocenters. The monoisotopic (exact) mass is 277 g/mol. The smallest absolute Gasteiger partial charge is 0.263 e. The highest BCUT2D eigenvalue weighted by atomic mass is 16.1. The summed E-state index contributed by atoms with van der Waals surface area (Å²) in [6, 6.07) is 20.8. The fourth-order valence-electron chi connectivity index (χ4n) is 1.71. The first-order valence-corrected chi connectivity index (χ1v) is 6.53. The van der Waals surface area contributed by atoms with Crippen LogP contribution in [0.25, 0.3) is 0 Å². The van der Waals surface area contributed by atoms with Gasteiger partial charge in [0.1, 0.15) is 11.6 Å². The highest BCUT2D eigenvalue weighted by molar-refractivity contribution is 5.97. The van der Waals surface area contributed by atoms with Crippen LogP contribution in [0, 0.1) is 11.3 Å². The summed E-state index contributed by atoms with van der Waals surface area (Å²) in [6.45, 7) is 0.393. The number of nitrogens with zero attached hydrogens (tertiary/aromatic N) is 1. The molecule has 0 aliphatic rings. The number of hydrogen-bond donors (Lipinski definition) is 2. The molecule has 0 spiro atoms. The number of carbonyl (C=O) groups excluding carboxylic acids is 1. The van der Waals surface area contributed by atoms with E-state index in [-0.39, 0.29) is 5.57 Å². The molecule has 21 heavy (non-hydrogen) atoms. The summed E-state index contributed by atoms with van der Waals surface area (Å²) in [4.78, 5) is 11.9. The van der Waals surface area contributed by atoms with E-state index < -0.39 is 5.91 Å². The lowest BCUT2D eigenvalue weighted by atomic mass is 10.2. The fraction of sp³-hybridized carbons (Fsp3) is 0.0588. The van der Waals surface area contributed by atoms with Gasteiger partial charge in [-0.25, -0.2) is 0 Å². The minimum Gasteiger partial charge on any atom is -0.360 e. The third-order valence-corrected chi connectivity index (χ3v) is 2.82. The summed E-state index contributed by atoms with van der Waals surface area (Å²) in [6.07, 6.45) is 1.41. The molecule has 0 aliphatic carbocycles. The number of hydrogen-bond acceptors (Lipinski definition) is 3. The predicted molar refractivity (Wildman–Crippen MR) is 82.0 cm³/mol. The van der Waals surface area contributed by atoms with E-state index in [0.717, 1.165) is 11.3 Å². The van der Waals surface area contributed by atoms with Crippen molar-refractivity contribution in [3.63, 3.8) is 0 Å². The summed E-state index contributed by atoms with van der Waals surface area (Å²) < 4.78 is 0. The highest BCUT2D eigenvalue weighted by Gasteiger charge is 2.08. The Bertz CT molecular complexity index is 657. The van der Waals surface area contributed by atoms with E-state index in [1.165, 1.54) is 6.20 Å². The topological polar surface area (TPSA) is 64.9 Å². The predicted octanol–water partition coefficient (Wildman–Crippen LogP) is 2.82. The summed E-state index contributed by atoms with van der Waals surface area (Å²) >= 11 is 0. The van der Waals surface area contributed by atoms with Gasteiger partial charge in [-0.05, 0) is 17.7 Å². The minimum absolute atomic E-state index is 0.0368. The Morgan fingerprint density at radius 1 is 1.05 bits per heavy atom. The lowest BCUT2D eigenvalue weighted by Crippen LogP contribution is -2.24. The third-order valence-electron chi connectivity index (χ3n) is 2.82. The number of anilines is 1. The highest BCUT2D eigenvalue weighted by Crippen LogP contribution is 2.06. The van der Waals surface area contributed by atoms with Gasteiger partial charge in [0.25, 0.3) is 5.91 Å². The molecule has 0 saturated heterocycles. The average Bonchev–Trinajstić information content (AvgIpc) is 2.55. The van der Waals surface area contributed by atoms with E-state index in [4.69, 9.17) is 5.26 Å². The number of rotatable bonds is 5. The second-order valence-electron chi connectivity index (χ2n) is 4.35. The van der Waals surface area contributed by atoms with Crippen LogP contribution >= 0.6 is 0 Å². The van der Waals surface area contributed by atoms with E-state index in [1.54, 1.807) is 0 Å². The first-order valence-electron chi connectivity index (χ1n) is 6.53. The molecule has 2 N–H and O–H groups in total. The Labute approximate surface area is 123 Å². The average molecular weight is 277 g/mol. The summed E-state index contributed by atoms with van der Waals surface area (Å²) in [5.41, 5.74) is 1.84. The lowest BCUT2D eigenvalue weighted by Gasteiger charge is -2.05. The molecule has 0 radical (unpaired) electrons. The van der Waals surface area contributed by atoms with Gasteiger partial charge in [0.2, 0.25) is 0 Å². The summed E-state index contributed by atoms with van der Waals surface area (Å²) in [5, 5.41) is 14.7. The molecule has 0 atom stereocenters. The van der Waals surface area contributed by atoms with Crippen molar-refractivity contribution in [3.8, 4) is 6.07 Å². The number of nitriles is 1. The minimum atomic E-state index is -0.398. The maximum atomic E-state index is 11.9. The van der Waals surface area contributed by atoms with Crippen LogP contribution in [0.2, 0.25) is 0 Å². The molecule has 0 heterocycles. The maximum Gasteiger partial charge on any atom is 0.263 e. The largest absolute Gasteiger partial charge is 0.360 e. The first kappa shape index (κ1) is 14.4. The number of amides is 1. The van der Waals surface area contributed by atoms with Crippen molar-refractivity contribution in [1.29, 1.82) is 5.26 Å². The molecule has 0 aromatic heterocycles. The third kappa shape index (κ3) is 4.51. The quantitative estimate of drug-likeness (QED) is 0.652. The number of carbonyl (C=O) groups is 1. The number of para-hydroxylation sites is 1. The zero-order chi connectivity index (χ0) is 14.9. The van der Waals surface area contributed by atoms with E-state index in [0.29, 0.717) is 6.54 Å². The normalized spacial score (nSPS) is 10.5. The van der Waals surface area contributed by atoms with Gasteiger partial charge in [-0.2, -0.15) is 5.26 Å². The van der Waals surface area contributed by atoms with Gasteiger partial charge >= 0.3 is 0 Å². The van der Waals surface area contributed by atoms with E-state index in [2.05, 4.69) is 10.6 Å². The Morgan fingerprint density at radius 3 is 2.29 bits per heavy atom. The molecule has 0 aliphatic heterocycles. The lowest BCUT2D eigenvalue weighted by molar-refractivity contribution is -0.117. The Morgan fingerprint density at radius 2 is 1.67 bits per heavy atom. The van der Waals surface area contributed by atoms with Crippen LogP contribution in [0.5, 0.6) is 0 Å². The van der Waals surface area contributed by atoms with Crippen LogP contribution in [-0.4, -0.2) is 5.91 Å². The van der Waals surface area contributed by atoms with E-state index >= 15 is 0 Å². The van der Waals surface area contributed by atoms with Crippen LogP contribution in [0.4, 0.5) is 5.69 Å². The Hall–Kier alpha value is -3.06. The summed E-state index contributed by atoms with van der Waals surface area (Å²) in [7, 11) is 0. The molecular formula is C17H15N3O. The van der Waals surface area contributed by atoms with Crippen LogP contribution < -0.4 is 10.6 Å². The first-order chi connectivity index (χ1) is 10.3. The van der Waals surface area contributed by atoms with Gasteiger partial charge < -0.3 is 10.6 Å². The molecular weight excluding hydrogens is 262 g/mol. The number of benzene rings is 2. The Balaban J connectivity index is 1.94. The zero-order valence-corrected chi connectivity index (χ0v) is 11.4. The molecule has 4 nitrogen and oxygen atoms in total. The van der Waals surface area contributed by atoms with E-state index in [1.807, 2.05) is 66.7 Å². The molecule has 2 aromatic carbocycles. The van der Waals surface area contributed by atoms with Crippen LogP contribution in [0.1, 0.15) is 5.56 Å². The van der Waals surface area contributed by atoms with Gasteiger partial charge in [-0.1, -0.05) is 48.5 Å².